The Morgan fingerprint density at radius 2 is 1.95 bits per heavy atom. The van der Waals surface area contributed by atoms with Gasteiger partial charge in [-0.3, -0.25) is 9.52 Å². The molecule has 0 atom stereocenters. The summed E-state index contributed by atoms with van der Waals surface area (Å²) in [4.78, 5) is 13.2. The van der Waals surface area contributed by atoms with E-state index in [0.717, 1.165) is 11.8 Å². The molecule has 7 heteroatoms. The maximum Gasteiger partial charge on any atom is 0.263 e. The van der Waals surface area contributed by atoms with Gasteiger partial charge >= 0.3 is 0 Å². The van der Waals surface area contributed by atoms with Crippen molar-refractivity contribution in [1.29, 1.82) is 0 Å². The zero-order valence-electron chi connectivity index (χ0n) is 9.98. The van der Waals surface area contributed by atoms with Gasteiger partial charge in [-0.2, -0.15) is 0 Å². The van der Waals surface area contributed by atoms with E-state index in [1.54, 1.807) is 12.1 Å². The number of rotatable bonds is 3. The van der Waals surface area contributed by atoms with Crippen LogP contribution in [0.15, 0.2) is 50.7 Å². The molecule has 100 valence electrons. The highest BCUT2D eigenvalue weighted by atomic mass is 79.9. The van der Waals surface area contributed by atoms with Crippen molar-refractivity contribution in [1.82, 2.24) is 4.98 Å². The number of anilines is 1. The van der Waals surface area contributed by atoms with E-state index in [1.165, 1.54) is 12.1 Å². The number of pyridine rings is 1. The largest absolute Gasteiger partial charge is 0.328 e. The van der Waals surface area contributed by atoms with Gasteiger partial charge in [-0.1, -0.05) is 6.07 Å². The van der Waals surface area contributed by atoms with E-state index in [2.05, 4.69) is 25.6 Å². The molecule has 1 aromatic heterocycles. The lowest BCUT2D eigenvalue weighted by atomic mass is 10.2. The number of hydrogen-bond acceptors (Lipinski definition) is 3. The molecule has 5 nitrogen and oxygen atoms in total. The van der Waals surface area contributed by atoms with Crippen LogP contribution in [0.4, 0.5) is 5.69 Å². The fraction of sp³-hybridized carbons (Fsp3) is 0.0833. The van der Waals surface area contributed by atoms with Crippen LogP contribution in [-0.4, -0.2) is 13.4 Å². The number of H-pyrrole nitrogens is 1. The fourth-order valence-corrected chi connectivity index (χ4v) is 3.24. The van der Waals surface area contributed by atoms with Crippen LogP contribution in [0.3, 0.4) is 0 Å². The predicted molar refractivity (Wildman–Crippen MR) is 76.8 cm³/mol. The summed E-state index contributed by atoms with van der Waals surface area (Å²) in [6, 6.07) is 7.70. The van der Waals surface area contributed by atoms with Gasteiger partial charge in [0.15, 0.2) is 0 Å². The number of nitrogens with one attached hydrogen (secondary N) is 2. The van der Waals surface area contributed by atoms with Crippen molar-refractivity contribution in [2.75, 3.05) is 4.72 Å². The molecule has 2 rings (SSSR count). The molecule has 19 heavy (non-hydrogen) atoms. The van der Waals surface area contributed by atoms with Crippen molar-refractivity contribution < 1.29 is 8.42 Å². The third kappa shape index (κ3) is 3.24. The summed E-state index contributed by atoms with van der Waals surface area (Å²) in [5.74, 6) is 0. The maximum atomic E-state index is 12.1. The first kappa shape index (κ1) is 13.8. The lowest BCUT2D eigenvalue weighted by Crippen LogP contribution is -2.15. The van der Waals surface area contributed by atoms with E-state index in [0.29, 0.717) is 10.2 Å². The number of aromatic nitrogens is 1. The van der Waals surface area contributed by atoms with Gasteiger partial charge in [0, 0.05) is 16.7 Å². The summed E-state index contributed by atoms with van der Waals surface area (Å²) in [5.41, 5.74) is 1.10. The first-order chi connectivity index (χ1) is 8.88. The van der Waals surface area contributed by atoms with Crippen molar-refractivity contribution in [2.45, 2.75) is 11.8 Å². The lowest BCUT2D eigenvalue weighted by molar-refractivity contribution is 0.600. The first-order valence-electron chi connectivity index (χ1n) is 5.36. The summed E-state index contributed by atoms with van der Waals surface area (Å²) in [6.45, 7) is 1.91. The number of sulfonamides is 1. The summed E-state index contributed by atoms with van der Waals surface area (Å²) in [7, 11) is -3.72. The van der Waals surface area contributed by atoms with Crippen LogP contribution < -0.4 is 10.3 Å². The Morgan fingerprint density at radius 1 is 1.21 bits per heavy atom. The second-order valence-electron chi connectivity index (χ2n) is 3.98. The molecule has 0 fully saturated rings. The molecule has 0 radical (unpaired) electrons. The van der Waals surface area contributed by atoms with E-state index < -0.39 is 10.0 Å². The standard InChI is InChI=1S/C12H11BrN2O3S/c1-8-2-4-11(10(13)6-8)15-19(17,18)9-3-5-12(16)14-7-9/h2-7,15H,1H3,(H,14,16). The quantitative estimate of drug-likeness (QED) is 0.897. The number of aromatic amines is 1. The normalized spacial score (nSPS) is 11.3. The van der Waals surface area contributed by atoms with E-state index in [9.17, 15) is 13.2 Å². The van der Waals surface area contributed by atoms with Crippen LogP contribution in [0, 0.1) is 6.92 Å². The molecule has 2 aromatic rings. The molecule has 1 heterocycles. The van der Waals surface area contributed by atoms with Gasteiger partial charge < -0.3 is 4.98 Å². The minimum Gasteiger partial charge on any atom is -0.328 e. The van der Waals surface area contributed by atoms with E-state index in [1.807, 2.05) is 13.0 Å². The minimum atomic E-state index is -3.72. The molecule has 0 bridgehead atoms. The topological polar surface area (TPSA) is 79.0 Å². The van der Waals surface area contributed by atoms with Crippen molar-refractivity contribution in [3.63, 3.8) is 0 Å². The van der Waals surface area contributed by atoms with Gasteiger partial charge in [-0.15, -0.1) is 0 Å². The Labute approximate surface area is 118 Å². The summed E-state index contributed by atoms with van der Waals surface area (Å²) < 4.78 is 27.3. The third-order valence-electron chi connectivity index (χ3n) is 2.43. The fourth-order valence-electron chi connectivity index (χ4n) is 1.47. The Balaban J connectivity index is 2.36. The number of aryl methyl sites for hydroxylation is 1. The number of halogens is 1. The monoisotopic (exact) mass is 342 g/mol. The van der Waals surface area contributed by atoms with Crippen LogP contribution in [0.1, 0.15) is 5.56 Å². The van der Waals surface area contributed by atoms with E-state index in [4.69, 9.17) is 0 Å². The highest BCUT2D eigenvalue weighted by molar-refractivity contribution is 9.10. The van der Waals surface area contributed by atoms with Crippen LogP contribution in [0.2, 0.25) is 0 Å². The zero-order chi connectivity index (χ0) is 14.0. The van der Waals surface area contributed by atoms with Crippen LogP contribution in [-0.2, 0) is 10.0 Å². The average molecular weight is 343 g/mol. The molecule has 0 aliphatic heterocycles. The van der Waals surface area contributed by atoms with Crippen LogP contribution in [0.5, 0.6) is 0 Å². The highest BCUT2D eigenvalue weighted by Crippen LogP contribution is 2.25. The molecule has 0 unspecified atom stereocenters. The Bertz CT molecular complexity index is 748. The maximum absolute atomic E-state index is 12.1. The summed E-state index contributed by atoms with van der Waals surface area (Å²) >= 11 is 3.30. The Morgan fingerprint density at radius 3 is 2.53 bits per heavy atom. The first-order valence-corrected chi connectivity index (χ1v) is 7.64. The predicted octanol–water partition coefficient (Wildman–Crippen LogP) is 2.25. The number of hydrogen-bond donors (Lipinski definition) is 2. The van der Waals surface area contributed by atoms with Gasteiger partial charge in [0.2, 0.25) is 5.56 Å². The van der Waals surface area contributed by atoms with Gasteiger partial charge in [-0.25, -0.2) is 8.42 Å². The highest BCUT2D eigenvalue weighted by Gasteiger charge is 2.15. The smallest absolute Gasteiger partial charge is 0.263 e. The van der Waals surface area contributed by atoms with Crippen molar-refractivity contribution >= 4 is 31.6 Å². The van der Waals surface area contributed by atoms with Crippen molar-refractivity contribution in [2.24, 2.45) is 0 Å². The average Bonchev–Trinajstić information content (AvgIpc) is 2.33. The molecule has 0 aliphatic rings. The van der Waals surface area contributed by atoms with E-state index in [-0.39, 0.29) is 10.5 Å². The van der Waals surface area contributed by atoms with Gasteiger partial charge in [0.25, 0.3) is 10.0 Å². The molecule has 0 spiro atoms. The third-order valence-corrected chi connectivity index (χ3v) is 4.45. The summed E-state index contributed by atoms with van der Waals surface area (Å²) in [6.07, 6.45) is 1.16. The van der Waals surface area contributed by atoms with Gasteiger partial charge in [0.05, 0.1) is 5.69 Å². The number of benzene rings is 1. The van der Waals surface area contributed by atoms with Gasteiger partial charge in [-0.05, 0) is 46.6 Å². The van der Waals surface area contributed by atoms with Crippen LogP contribution in [0.25, 0.3) is 0 Å². The molecule has 2 N–H and O–H groups in total. The SMILES string of the molecule is Cc1ccc(NS(=O)(=O)c2ccc(=O)[nH]c2)c(Br)c1. The molecule has 0 amide bonds. The molecule has 0 aliphatic carbocycles. The Kier molecular flexibility index (Phi) is 3.77. The molecule has 1 aromatic carbocycles. The van der Waals surface area contributed by atoms with Gasteiger partial charge in [0.1, 0.15) is 4.90 Å². The van der Waals surface area contributed by atoms with Crippen molar-refractivity contribution in [3.05, 3.63) is 56.9 Å². The van der Waals surface area contributed by atoms with E-state index >= 15 is 0 Å². The minimum absolute atomic E-state index is 0.000394. The Hall–Kier alpha value is -1.60. The second kappa shape index (κ2) is 5.18. The molecule has 0 saturated carbocycles. The summed E-state index contributed by atoms with van der Waals surface area (Å²) in [5, 5.41) is 0. The zero-order valence-corrected chi connectivity index (χ0v) is 12.4. The van der Waals surface area contributed by atoms with Crippen molar-refractivity contribution in [3.8, 4) is 0 Å². The molecular weight excluding hydrogens is 332 g/mol. The van der Waals surface area contributed by atoms with Crippen LogP contribution >= 0.6 is 15.9 Å². The lowest BCUT2D eigenvalue weighted by Gasteiger charge is -2.10. The molecular formula is C12H11BrN2O3S. The molecule has 0 saturated heterocycles. The second-order valence-corrected chi connectivity index (χ2v) is 6.51.